The van der Waals surface area contributed by atoms with Crippen molar-refractivity contribution in [2.24, 2.45) is 0 Å². The highest BCUT2D eigenvalue weighted by Crippen LogP contribution is 2.31. The van der Waals surface area contributed by atoms with Crippen molar-refractivity contribution < 1.29 is 0 Å². The number of hydrogen-bond acceptors (Lipinski definition) is 5. The van der Waals surface area contributed by atoms with Gasteiger partial charge >= 0.3 is 0 Å². The van der Waals surface area contributed by atoms with Crippen molar-refractivity contribution in [2.75, 3.05) is 18.0 Å². The van der Waals surface area contributed by atoms with E-state index in [1.54, 1.807) is 6.20 Å². The highest BCUT2D eigenvalue weighted by Gasteiger charge is 2.30. The van der Waals surface area contributed by atoms with Crippen LogP contribution >= 0.6 is 11.6 Å². The molecule has 2 atom stereocenters. The molecule has 3 heterocycles. The number of nitriles is 1. The van der Waals surface area contributed by atoms with Crippen molar-refractivity contribution in [2.45, 2.75) is 32.5 Å². The molecule has 142 valence electrons. The van der Waals surface area contributed by atoms with E-state index in [1.807, 2.05) is 30.5 Å². The van der Waals surface area contributed by atoms with Gasteiger partial charge in [-0.15, -0.1) is 0 Å². The molecular weight excluding hydrogens is 370 g/mol. The molecule has 5 nitrogen and oxygen atoms in total. The lowest BCUT2D eigenvalue weighted by molar-refractivity contribution is 0.123. The first kappa shape index (κ1) is 18.7. The SMILES string of the molecule is C[C@@H]1CN(c2ccc(C#N)c3ncccc23)C[C@H](C)N1Cc1ccc(Cl)nc1. The van der Waals surface area contributed by atoms with Crippen LogP contribution in [0.2, 0.25) is 5.15 Å². The molecule has 0 aliphatic carbocycles. The average Bonchev–Trinajstić information content (AvgIpc) is 2.71. The smallest absolute Gasteiger partial charge is 0.129 e. The maximum absolute atomic E-state index is 9.39. The fourth-order valence-corrected chi connectivity index (χ4v) is 4.21. The molecule has 1 fully saturated rings. The third kappa shape index (κ3) is 3.54. The fraction of sp³-hybridized carbons (Fsp3) is 0.318. The molecule has 0 amide bonds. The van der Waals surface area contributed by atoms with Crippen LogP contribution in [0.4, 0.5) is 5.69 Å². The number of rotatable bonds is 3. The summed E-state index contributed by atoms with van der Waals surface area (Å²) in [4.78, 5) is 13.6. The Kier molecular flexibility index (Phi) is 5.17. The Bertz CT molecular complexity index is 1020. The molecule has 3 aromatic rings. The van der Waals surface area contributed by atoms with Gasteiger partial charge in [-0.3, -0.25) is 9.88 Å². The van der Waals surface area contributed by atoms with Crippen LogP contribution in [-0.4, -0.2) is 40.0 Å². The maximum Gasteiger partial charge on any atom is 0.129 e. The summed E-state index contributed by atoms with van der Waals surface area (Å²) in [5, 5.41) is 11.0. The van der Waals surface area contributed by atoms with E-state index in [2.05, 4.69) is 51.8 Å². The Morgan fingerprint density at radius 1 is 1.11 bits per heavy atom. The lowest BCUT2D eigenvalue weighted by atomic mass is 10.0. The molecule has 1 aliphatic heterocycles. The summed E-state index contributed by atoms with van der Waals surface area (Å²) in [6, 6.07) is 14.8. The second-order valence-electron chi connectivity index (χ2n) is 7.41. The molecular formula is C22H22ClN5. The van der Waals surface area contributed by atoms with E-state index in [4.69, 9.17) is 11.6 Å². The van der Waals surface area contributed by atoms with E-state index in [9.17, 15) is 5.26 Å². The highest BCUT2D eigenvalue weighted by atomic mass is 35.5. The molecule has 1 aromatic carbocycles. The van der Waals surface area contributed by atoms with E-state index < -0.39 is 0 Å². The molecule has 4 rings (SSSR count). The first-order valence-corrected chi connectivity index (χ1v) is 9.83. The predicted molar refractivity (Wildman–Crippen MR) is 112 cm³/mol. The number of piperazine rings is 1. The van der Waals surface area contributed by atoms with Crippen molar-refractivity contribution in [1.82, 2.24) is 14.9 Å². The van der Waals surface area contributed by atoms with E-state index >= 15 is 0 Å². The topological polar surface area (TPSA) is 56.1 Å². The molecule has 0 bridgehead atoms. The van der Waals surface area contributed by atoms with Crippen LogP contribution in [0.25, 0.3) is 10.9 Å². The average molecular weight is 392 g/mol. The van der Waals surface area contributed by atoms with Crippen LogP contribution in [-0.2, 0) is 6.54 Å². The number of aromatic nitrogens is 2. The minimum Gasteiger partial charge on any atom is -0.368 e. The van der Waals surface area contributed by atoms with Gasteiger partial charge in [0.25, 0.3) is 0 Å². The van der Waals surface area contributed by atoms with Crippen LogP contribution in [0.5, 0.6) is 0 Å². The van der Waals surface area contributed by atoms with Gasteiger partial charge in [-0.2, -0.15) is 5.26 Å². The fourth-order valence-electron chi connectivity index (χ4n) is 4.10. The van der Waals surface area contributed by atoms with Gasteiger partial charge in [0.05, 0.1) is 11.1 Å². The highest BCUT2D eigenvalue weighted by molar-refractivity contribution is 6.29. The molecule has 6 heteroatoms. The van der Waals surface area contributed by atoms with Gasteiger partial charge in [0.15, 0.2) is 0 Å². The van der Waals surface area contributed by atoms with Crippen molar-refractivity contribution in [3.8, 4) is 6.07 Å². The number of anilines is 1. The maximum atomic E-state index is 9.39. The minimum absolute atomic E-state index is 0.377. The summed E-state index contributed by atoms with van der Waals surface area (Å²) >= 11 is 5.91. The predicted octanol–water partition coefficient (Wildman–Crippen LogP) is 4.25. The molecule has 1 aliphatic rings. The zero-order valence-corrected chi connectivity index (χ0v) is 16.8. The Morgan fingerprint density at radius 2 is 1.89 bits per heavy atom. The lowest BCUT2D eigenvalue weighted by Crippen LogP contribution is -2.56. The second kappa shape index (κ2) is 7.75. The first-order chi connectivity index (χ1) is 13.6. The number of hydrogen-bond donors (Lipinski definition) is 0. The van der Waals surface area contributed by atoms with E-state index in [1.165, 1.54) is 5.56 Å². The van der Waals surface area contributed by atoms with Crippen molar-refractivity contribution >= 4 is 28.2 Å². The summed E-state index contributed by atoms with van der Waals surface area (Å²) < 4.78 is 0. The number of fused-ring (bicyclic) bond motifs is 1. The van der Waals surface area contributed by atoms with Gasteiger partial charge in [-0.05, 0) is 49.7 Å². The van der Waals surface area contributed by atoms with E-state index in [0.29, 0.717) is 22.8 Å². The third-order valence-corrected chi connectivity index (χ3v) is 5.69. The molecule has 1 saturated heterocycles. The number of halogens is 1. The largest absolute Gasteiger partial charge is 0.368 e. The Hall–Kier alpha value is -2.68. The molecule has 0 radical (unpaired) electrons. The monoisotopic (exact) mass is 391 g/mol. The van der Waals surface area contributed by atoms with Gasteiger partial charge < -0.3 is 4.90 Å². The van der Waals surface area contributed by atoms with E-state index in [0.717, 1.165) is 36.2 Å². The van der Waals surface area contributed by atoms with Crippen LogP contribution in [0, 0.1) is 11.3 Å². The van der Waals surface area contributed by atoms with Crippen LogP contribution in [0.15, 0.2) is 48.8 Å². The normalized spacial score (nSPS) is 20.3. The Balaban J connectivity index is 1.59. The third-order valence-electron chi connectivity index (χ3n) is 5.46. The standard InChI is InChI=1S/C22H22ClN5/c1-15-12-27(13-16(2)28(15)14-17-5-8-21(23)26-11-17)20-7-6-18(10-24)22-19(20)4-3-9-25-22/h3-9,11,15-16H,12-14H2,1-2H3/t15-,16+. The summed E-state index contributed by atoms with van der Waals surface area (Å²) in [6.45, 7) is 7.21. The molecule has 0 spiro atoms. The van der Waals surface area contributed by atoms with Crippen LogP contribution in [0.3, 0.4) is 0 Å². The van der Waals surface area contributed by atoms with Crippen molar-refractivity contribution in [3.05, 3.63) is 65.1 Å². The Labute approximate surface area is 170 Å². The minimum atomic E-state index is 0.377. The lowest BCUT2D eigenvalue weighted by Gasteiger charge is -2.45. The number of pyridine rings is 2. The van der Waals surface area contributed by atoms with Gasteiger partial charge in [0.1, 0.15) is 11.2 Å². The van der Waals surface area contributed by atoms with Gasteiger partial charge in [-0.25, -0.2) is 4.98 Å². The van der Waals surface area contributed by atoms with Crippen molar-refractivity contribution in [1.29, 1.82) is 5.26 Å². The summed E-state index contributed by atoms with van der Waals surface area (Å²) in [5.41, 5.74) is 3.71. The quantitative estimate of drug-likeness (QED) is 0.624. The van der Waals surface area contributed by atoms with Gasteiger partial charge in [-0.1, -0.05) is 17.7 Å². The van der Waals surface area contributed by atoms with Crippen LogP contribution in [0.1, 0.15) is 25.0 Å². The molecule has 0 unspecified atom stereocenters. The first-order valence-electron chi connectivity index (χ1n) is 9.46. The molecule has 2 aromatic heterocycles. The molecule has 28 heavy (non-hydrogen) atoms. The second-order valence-corrected chi connectivity index (χ2v) is 7.80. The number of nitrogens with zero attached hydrogens (tertiary/aromatic N) is 5. The molecule has 0 N–H and O–H groups in total. The summed E-state index contributed by atoms with van der Waals surface area (Å²) in [7, 11) is 0. The zero-order valence-electron chi connectivity index (χ0n) is 16.0. The summed E-state index contributed by atoms with van der Waals surface area (Å²) in [5.74, 6) is 0. The van der Waals surface area contributed by atoms with E-state index in [-0.39, 0.29) is 0 Å². The Morgan fingerprint density at radius 3 is 2.57 bits per heavy atom. The zero-order chi connectivity index (χ0) is 19.7. The van der Waals surface area contributed by atoms with Crippen LogP contribution < -0.4 is 4.90 Å². The molecule has 0 saturated carbocycles. The number of benzene rings is 1. The van der Waals surface area contributed by atoms with Gasteiger partial charge in [0.2, 0.25) is 0 Å². The summed E-state index contributed by atoms with van der Waals surface area (Å²) in [6.07, 6.45) is 3.60. The van der Waals surface area contributed by atoms with Gasteiger partial charge in [0, 0.05) is 55.2 Å². The van der Waals surface area contributed by atoms with Crippen molar-refractivity contribution in [3.63, 3.8) is 0 Å².